The van der Waals surface area contributed by atoms with Crippen molar-refractivity contribution in [1.29, 1.82) is 0 Å². The number of halogens is 1. The molecule has 3 heterocycles. The quantitative estimate of drug-likeness (QED) is 0.475. The number of hydrogen-bond donors (Lipinski definition) is 1. The average Bonchev–Trinajstić information content (AvgIpc) is 2.96. The molecule has 4 rings (SSSR count). The van der Waals surface area contributed by atoms with Gasteiger partial charge in [-0.1, -0.05) is 6.07 Å². The molecule has 1 aromatic carbocycles. The van der Waals surface area contributed by atoms with Crippen molar-refractivity contribution in [3.8, 4) is 0 Å². The second kappa shape index (κ2) is 7.32. The molecule has 0 spiro atoms. The number of imidazole rings is 1. The number of nitrogens with two attached hydrogens (primary N) is 1. The highest BCUT2D eigenvalue weighted by Crippen LogP contribution is 2.26. The zero-order valence-corrected chi connectivity index (χ0v) is 18.2. The number of benzene rings is 1. The van der Waals surface area contributed by atoms with Gasteiger partial charge in [0.25, 0.3) is 0 Å². The number of fused-ring (bicyclic) bond motifs is 3. The maximum absolute atomic E-state index is 14.4. The van der Waals surface area contributed by atoms with Crippen LogP contribution in [0.1, 0.15) is 17.1 Å². The summed E-state index contributed by atoms with van der Waals surface area (Å²) >= 11 is 0. The highest BCUT2D eigenvalue weighted by Gasteiger charge is 2.20. The van der Waals surface area contributed by atoms with Crippen molar-refractivity contribution >= 4 is 41.9 Å². The highest BCUT2D eigenvalue weighted by molar-refractivity contribution is 7.90. The number of hydrogen-bond acceptors (Lipinski definition) is 7. The lowest BCUT2D eigenvalue weighted by Crippen LogP contribution is -2.15. The summed E-state index contributed by atoms with van der Waals surface area (Å²) in [6, 6.07) is 7.18. The lowest BCUT2D eigenvalue weighted by molar-refractivity contribution is 0.565. The molecule has 0 saturated heterocycles. The van der Waals surface area contributed by atoms with Crippen LogP contribution in [-0.4, -0.2) is 42.6 Å². The Morgan fingerprint density at radius 1 is 1.10 bits per heavy atom. The van der Waals surface area contributed by atoms with Crippen molar-refractivity contribution in [3.05, 3.63) is 59.4 Å². The standard InChI is InChI=1S/C19H18FN5O4S2/c1-11-3-5-13-18-15(8-22-19(13)23-11)24-17(10-30(2,26)27)25(18)9-12-4-6-16(14(20)7-12)31(21,28)29/h3-8H,9-10H2,1-2H3,(H2,21,28,29). The fourth-order valence-corrected chi connectivity index (χ4v) is 4.69. The van der Waals surface area contributed by atoms with Gasteiger partial charge in [0.1, 0.15) is 27.8 Å². The van der Waals surface area contributed by atoms with E-state index in [0.717, 1.165) is 24.1 Å². The third kappa shape index (κ3) is 4.27. The molecule has 0 saturated carbocycles. The maximum Gasteiger partial charge on any atom is 0.240 e. The number of nitrogens with zero attached hydrogens (tertiary/aromatic N) is 4. The minimum atomic E-state index is -4.20. The summed E-state index contributed by atoms with van der Waals surface area (Å²) in [5, 5.41) is 5.69. The molecule has 0 bridgehead atoms. The predicted octanol–water partition coefficient (Wildman–Crippen LogP) is 1.67. The number of sulfone groups is 1. The number of aryl methyl sites for hydroxylation is 1. The van der Waals surface area contributed by atoms with Gasteiger partial charge in [0.05, 0.1) is 11.7 Å². The molecule has 0 atom stereocenters. The SMILES string of the molecule is Cc1ccc2c(ncc3nc(CS(C)(=O)=O)n(Cc4ccc(S(N)(=O)=O)c(F)c4)c32)n1. The fourth-order valence-electron chi connectivity index (χ4n) is 3.41. The molecular formula is C19H18FN5O4S2. The monoisotopic (exact) mass is 463 g/mol. The van der Waals surface area contributed by atoms with Gasteiger partial charge in [-0.25, -0.2) is 41.3 Å². The van der Waals surface area contributed by atoms with Gasteiger partial charge in [0.2, 0.25) is 10.0 Å². The van der Waals surface area contributed by atoms with Gasteiger partial charge in [-0.05, 0) is 36.8 Å². The summed E-state index contributed by atoms with van der Waals surface area (Å²) in [6.45, 7) is 1.88. The third-order valence-corrected chi connectivity index (χ3v) is 6.41. The first kappa shape index (κ1) is 21.3. The zero-order chi connectivity index (χ0) is 22.6. The predicted molar refractivity (Wildman–Crippen MR) is 113 cm³/mol. The Kier molecular flexibility index (Phi) is 5.03. The van der Waals surface area contributed by atoms with Gasteiger partial charge < -0.3 is 4.57 Å². The van der Waals surface area contributed by atoms with Crippen LogP contribution < -0.4 is 5.14 Å². The van der Waals surface area contributed by atoms with Crippen LogP contribution >= 0.6 is 0 Å². The largest absolute Gasteiger partial charge is 0.322 e. The lowest BCUT2D eigenvalue weighted by atomic mass is 10.2. The molecule has 162 valence electrons. The minimum absolute atomic E-state index is 0.0517. The zero-order valence-electron chi connectivity index (χ0n) is 16.6. The van der Waals surface area contributed by atoms with Crippen molar-refractivity contribution in [1.82, 2.24) is 19.5 Å². The molecule has 9 nitrogen and oxygen atoms in total. The molecule has 12 heteroatoms. The molecule has 0 aliphatic carbocycles. The number of aromatic nitrogens is 4. The van der Waals surface area contributed by atoms with Crippen LogP contribution in [0.15, 0.2) is 41.4 Å². The molecule has 0 aliphatic heterocycles. The molecule has 3 aromatic heterocycles. The van der Waals surface area contributed by atoms with Crippen LogP contribution in [0.25, 0.3) is 22.1 Å². The van der Waals surface area contributed by atoms with E-state index in [1.165, 1.54) is 12.3 Å². The van der Waals surface area contributed by atoms with E-state index in [4.69, 9.17) is 5.14 Å². The molecule has 0 aliphatic rings. The Morgan fingerprint density at radius 3 is 2.48 bits per heavy atom. The van der Waals surface area contributed by atoms with Crippen LogP contribution in [0.3, 0.4) is 0 Å². The van der Waals surface area contributed by atoms with Crippen molar-refractivity contribution in [3.63, 3.8) is 0 Å². The van der Waals surface area contributed by atoms with E-state index in [9.17, 15) is 21.2 Å². The van der Waals surface area contributed by atoms with E-state index < -0.39 is 30.6 Å². The Labute approximate surface area is 177 Å². The summed E-state index contributed by atoms with van der Waals surface area (Å²) < 4.78 is 62.9. The first-order chi connectivity index (χ1) is 14.4. The summed E-state index contributed by atoms with van der Waals surface area (Å²) in [5.74, 6) is -1.07. The van der Waals surface area contributed by atoms with Crippen molar-refractivity contribution in [2.24, 2.45) is 5.14 Å². The van der Waals surface area contributed by atoms with Gasteiger partial charge in [-0.15, -0.1) is 0 Å². The molecule has 2 N–H and O–H groups in total. The van der Waals surface area contributed by atoms with Crippen LogP contribution in [0.4, 0.5) is 4.39 Å². The van der Waals surface area contributed by atoms with E-state index in [0.29, 0.717) is 27.6 Å². The van der Waals surface area contributed by atoms with E-state index >= 15 is 0 Å². The van der Waals surface area contributed by atoms with E-state index in [-0.39, 0.29) is 18.1 Å². The van der Waals surface area contributed by atoms with E-state index in [2.05, 4.69) is 15.0 Å². The van der Waals surface area contributed by atoms with E-state index in [1.54, 1.807) is 10.6 Å². The number of rotatable bonds is 5. The first-order valence-corrected chi connectivity index (χ1v) is 12.6. The normalized spacial score (nSPS) is 12.6. The summed E-state index contributed by atoms with van der Waals surface area (Å²) in [4.78, 5) is 12.5. The van der Waals surface area contributed by atoms with Crippen LogP contribution in [0, 0.1) is 12.7 Å². The van der Waals surface area contributed by atoms with Crippen molar-refractivity contribution in [2.75, 3.05) is 6.26 Å². The Bertz CT molecular complexity index is 1560. The number of sulfonamides is 1. The third-order valence-electron chi connectivity index (χ3n) is 4.69. The molecule has 0 amide bonds. The smallest absolute Gasteiger partial charge is 0.240 e. The molecule has 0 unspecified atom stereocenters. The van der Waals surface area contributed by atoms with Crippen molar-refractivity contribution < 1.29 is 21.2 Å². The van der Waals surface area contributed by atoms with Crippen LogP contribution in [-0.2, 0) is 32.2 Å². The Morgan fingerprint density at radius 2 is 1.84 bits per heavy atom. The highest BCUT2D eigenvalue weighted by atomic mass is 32.2. The molecule has 0 fully saturated rings. The summed E-state index contributed by atoms with van der Waals surface area (Å²) in [5.41, 5.74) is 2.72. The minimum Gasteiger partial charge on any atom is -0.322 e. The van der Waals surface area contributed by atoms with Crippen LogP contribution in [0.5, 0.6) is 0 Å². The van der Waals surface area contributed by atoms with Crippen molar-refractivity contribution in [2.45, 2.75) is 24.1 Å². The van der Waals surface area contributed by atoms with Crippen LogP contribution in [0.2, 0.25) is 0 Å². The average molecular weight is 464 g/mol. The molecule has 31 heavy (non-hydrogen) atoms. The number of pyridine rings is 2. The van der Waals surface area contributed by atoms with E-state index in [1.807, 2.05) is 13.0 Å². The summed E-state index contributed by atoms with van der Waals surface area (Å²) in [6.07, 6.45) is 2.61. The second-order valence-electron chi connectivity index (χ2n) is 7.31. The number of primary sulfonamides is 1. The molecule has 0 radical (unpaired) electrons. The lowest BCUT2D eigenvalue weighted by Gasteiger charge is -2.11. The fraction of sp³-hybridized carbons (Fsp3) is 0.211. The van der Waals surface area contributed by atoms with Gasteiger partial charge in [-0.2, -0.15) is 0 Å². The maximum atomic E-state index is 14.4. The molecule has 4 aromatic rings. The van der Waals surface area contributed by atoms with Gasteiger partial charge in [0.15, 0.2) is 15.5 Å². The van der Waals surface area contributed by atoms with Gasteiger partial charge in [-0.3, -0.25) is 0 Å². The second-order valence-corrected chi connectivity index (χ2v) is 11.0. The molecular weight excluding hydrogens is 445 g/mol. The first-order valence-electron chi connectivity index (χ1n) is 9.03. The summed E-state index contributed by atoms with van der Waals surface area (Å²) in [7, 11) is -7.63. The van der Waals surface area contributed by atoms with Gasteiger partial charge in [0, 0.05) is 23.9 Å². The topological polar surface area (TPSA) is 138 Å². The Hall–Kier alpha value is -2.96. The van der Waals surface area contributed by atoms with Gasteiger partial charge >= 0.3 is 0 Å². The Balaban J connectivity index is 1.94.